The predicted molar refractivity (Wildman–Crippen MR) is 80.9 cm³/mol. The number of rotatable bonds is 2. The minimum atomic E-state index is -0.399. The van der Waals surface area contributed by atoms with E-state index < -0.39 is 5.41 Å². The Morgan fingerprint density at radius 2 is 2.00 bits per heavy atom. The molecule has 0 atom stereocenters. The van der Waals surface area contributed by atoms with Gasteiger partial charge >= 0.3 is 0 Å². The van der Waals surface area contributed by atoms with Gasteiger partial charge in [-0.25, -0.2) is 0 Å². The lowest BCUT2D eigenvalue weighted by Crippen LogP contribution is -2.38. The summed E-state index contributed by atoms with van der Waals surface area (Å²) < 4.78 is 0. The molecule has 0 saturated carbocycles. The van der Waals surface area contributed by atoms with Crippen molar-refractivity contribution in [1.29, 1.82) is 0 Å². The van der Waals surface area contributed by atoms with Crippen molar-refractivity contribution in [2.45, 2.75) is 40.5 Å². The van der Waals surface area contributed by atoms with Crippen LogP contribution in [0.15, 0.2) is 18.2 Å². The van der Waals surface area contributed by atoms with Crippen LogP contribution in [0.2, 0.25) is 0 Å². The highest BCUT2D eigenvalue weighted by molar-refractivity contribution is 6.00. The molecule has 0 unspecified atom stereocenters. The van der Waals surface area contributed by atoms with Gasteiger partial charge in [0.05, 0.1) is 0 Å². The van der Waals surface area contributed by atoms with E-state index in [1.807, 2.05) is 50.8 Å². The first-order valence-electron chi connectivity index (χ1n) is 7.07. The highest BCUT2D eigenvalue weighted by Crippen LogP contribution is 2.33. The van der Waals surface area contributed by atoms with E-state index in [0.717, 1.165) is 29.9 Å². The van der Waals surface area contributed by atoms with Gasteiger partial charge in [-0.15, -0.1) is 0 Å². The number of carbonyl (C=O) groups excluding carboxylic acids is 2. The highest BCUT2D eigenvalue weighted by atomic mass is 16.2. The van der Waals surface area contributed by atoms with Gasteiger partial charge in [0.2, 0.25) is 11.8 Å². The van der Waals surface area contributed by atoms with E-state index in [2.05, 4.69) is 5.32 Å². The molecule has 4 nitrogen and oxygen atoms in total. The second-order valence-corrected chi connectivity index (χ2v) is 6.20. The van der Waals surface area contributed by atoms with Gasteiger partial charge in [0.15, 0.2) is 0 Å². The molecule has 1 aliphatic rings. The Morgan fingerprint density at radius 1 is 1.30 bits per heavy atom. The molecule has 0 radical (unpaired) electrons. The largest absolute Gasteiger partial charge is 0.326 e. The molecule has 108 valence electrons. The number of benzene rings is 1. The van der Waals surface area contributed by atoms with Crippen molar-refractivity contribution in [2.75, 3.05) is 16.8 Å². The average Bonchev–Trinajstić information content (AvgIpc) is 2.79. The van der Waals surface area contributed by atoms with Crippen molar-refractivity contribution in [1.82, 2.24) is 0 Å². The summed E-state index contributed by atoms with van der Waals surface area (Å²) in [6.45, 7) is 8.32. The minimum Gasteiger partial charge on any atom is -0.326 e. The third kappa shape index (κ3) is 2.84. The van der Waals surface area contributed by atoms with Crippen LogP contribution < -0.4 is 10.2 Å². The van der Waals surface area contributed by atoms with E-state index in [9.17, 15) is 9.59 Å². The summed E-state index contributed by atoms with van der Waals surface area (Å²) in [5.74, 6) is 0.104. The van der Waals surface area contributed by atoms with Crippen LogP contribution in [0.5, 0.6) is 0 Å². The molecule has 2 rings (SSSR count). The first kappa shape index (κ1) is 14.6. The maximum Gasteiger partial charge on any atom is 0.232 e. The van der Waals surface area contributed by atoms with Crippen LogP contribution in [-0.4, -0.2) is 18.4 Å². The second kappa shape index (κ2) is 5.27. The zero-order valence-corrected chi connectivity index (χ0v) is 12.6. The number of fused-ring (bicyclic) bond motifs is 1. The minimum absolute atomic E-state index is 0.0170. The number of nitrogens with zero attached hydrogens (tertiary/aromatic N) is 1. The predicted octanol–water partition coefficient (Wildman–Crippen LogP) is 2.97. The smallest absolute Gasteiger partial charge is 0.232 e. The summed E-state index contributed by atoms with van der Waals surface area (Å²) in [6, 6.07) is 5.80. The summed E-state index contributed by atoms with van der Waals surface area (Å²) >= 11 is 0. The van der Waals surface area contributed by atoms with Gasteiger partial charge in [-0.05, 0) is 24.1 Å². The molecule has 1 aromatic carbocycles. The van der Waals surface area contributed by atoms with Gasteiger partial charge in [-0.3, -0.25) is 9.59 Å². The third-order valence-electron chi connectivity index (χ3n) is 3.47. The van der Waals surface area contributed by atoms with Gasteiger partial charge in [0.25, 0.3) is 0 Å². The summed E-state index contributed by atoms with van der Waals surface area (Å²) in [4.78, 5) is 25.8. The summed E-state index contributed by atoms with van der Waals surface area (Å²) in [5.41, 5.74) is 2.45. The van der Waals surface area contributed by atoms with E-state index in [4.69, 9.17) is 0 Å². The SMILES string of the molecule is CCC(=O)Nc1ccc2c(c1)N(C(=O)C(C)(C)C)CC2. The number of hydrogen-bond donors (Lipinski definition) is 1. The monoisotopic (exact) mass is 274 g/mol. The van der Waals surface area contributed by atoms with Gasteiger partial charge < -0.3 is 10.2 Å². The van der Waals surface area contributed by atoms with E-state index >= 15 is 0 Å². The van der Waals surface area contributed by atoms with Crippen molar-refractivity contribution in [3.63, 3.8) is 0 Å². The van der Waals surface area contributed by atoms with E-state index in [0.29, 0.717) is 6.42 Å². The molecule has 0 aromatic heterocycles. The van der Waals surface area contributed by atoms with Gasteiger partial charge in [-0.2, -0.15) is 0 Å². The molecular weight excluding hydrogens is 252 g/mol. The lowest BCUT2D eigenvalue weighted by atomic mass is 9.94. The lowest BCUT2D eigenvalue weighted by molar-refractivity contribution is -0.125. The molecule has 0 bridgehead atoms. The van der Waals surface area contributed by atoms with Crippen molar-refractivity contribution in [3.05, 3.63) is 23.8 Å². The van der Waals surface area contributed by atoms with Crippen LogP contribution in [0.1, 0.15) is 39.7 Å². The molecule has 20 heavy (non-hydrogen) atoms. The maximum absolute atomic E-state index is 12.5. The second-order valence-electron chi connectivity index (χ2n) is 6.20. The Bertz CT molecular complexity index is 544. The standard InChI is InChI=1S/C16H22N2O2/c1-5-14(19)17-12-7-6-11-8-9-18(13(11)10-12)15(20)16(2,3)4/h6-7,10H,5,8-9H2,1-4H3,(H,17,19). The number of amides is 2. The van der Waals surface area contributed by atoms with Crippen LogP contribution in [0, 0.1) is 5.41 Å². The number of anilines is 2. The van der Waals surface area contributed by atoms with E-state index in [1.54, 1.807) is 0 Å². The van der Waals surface area contributed by atoms with Crippen LogP contribution in [0.3, 0.4) is 0 Å². The van der Waals surface area contributed by atoms with Crippen molar-refractivity contribution in [2.24, 2.45) is 5.41 Å². The van der Waals surface area contributed by atoms with Crippen LogP contribution >= 0.6 is 0 Å². The fraction of sp³-hybridized carbons (Fsp3) is 0.500. The van der Waals surface area contributed by atoms with Gasteiger partial charge in [-0.1, -0.05) is 33.8 Å². The molecule has 1 heterocycles. The molecule has 1 aliphatic heterocycles. The molecule has 1 aromatic rings. The fourth-order valence-corrected chi connectivity index (χ4v) is 2.32. The Morgan fingerprint density at radius 3 is 2.60 bits per heavy atom. The van der Waals surface area contributed by atoms with E-state index in [-0.39, 0.29) is 11.8 Å². The zero-order valence-electron chi connectivity index (χ0n) is 12.6. The Balaban J connectivity index is 2.28. The Kier molecular flexibility index (Phi) is 3.84. The summed E-state index contributed by atoms with van der Waals surface area (Å²) in [5, 5.41) is 2.84. The molecule has 0 aliphatic carbocycles. The zero-order chi connectivity index (χ0) is 14.9. The van der Waals surface area contributed by atoms with Crippen LogP contribution in [0.25, 0.3) is 0 Å². The van der Waals surface area contributed by atoms with Crippen LogP contribution in [0.4, 0.5) is 11.4 Å². The van der Waals surface area contributed by atoms with Crippen molar-refractivity contribution < 1.29 is 9.59 Å². The first-order valence-corrected chi connectivity index (χ1v) is 7.07. The maximum atomic E-state index is 12.5. The topological polar surface area (TPSA) is 49.4 Å². The number of nitrogens with one attached hydrogen (secondary N) is 1. The molecule has 2 amide bonds. The Hall–Kier alpha value is -1.84. The quantitative estimate of drug-likeness (QED) is 0.901. The Labute approximate surface area is 120 Å². The first-order chi connectivity index (χ1) is 9.32. The molecule has 1 N–H and O–H groups in total. The number of hydrogen-bond acceptors (Lipinski definition) is 2. The third-order valence-corrected chi connectivity index (χ3v) is 3.47. The molecule has 0 fully saturated rings. The van der Waals surface area contributed by atoms with Crippen LogP contribution in [-0.2, 0) is 16.0 Å². The molecule has 0 spiro atoms. The van der Waals surface area contributed by atoms with Crippen molar-refractivity contribution in [3.8, 4) is 0 Å². The lowest BCUT2D eigenvalue weighted by Gasteiger charge is -2.26. The van der Waals surface area contributed by atoms with Crippen molar-refractivity contribution >= 4 is 23.2 Å². The number of carbonyl (C=O) groups is 2. The average molecular weight is 274 g/mol. The molecular formula is C16H22N2O2. The highest BCUT2D eigenvalue weighted by Gasteiger charge is 2.32. The summed E-state index contributed by atoms with van der Waals surface area (Å²) in [7, 11) is 0. The van der Waals surface area contributed by atoms with Gasteiger partial charge in [0.1, 0.15) is 0 Å². The molecule has 4 heteroatoms. The molecule has 0 saturated heterocycles. The van der Waals surface area contributed by atoms with Gasteiger partial charge in [0, 0.05) is 29.8 Å². The fourth-order valence-electron chi connectivity index (χ4n) is 2.32. The van der Waals surface area contributed by atoms with E-state index in [1.165, 1.54) is 0 Å². The normalized spacial score (nSPS) is 14.1. The summed E-state index contributed by atoms with van der Waals surface area (Å²) in [6.07, 6.45) is 1.32.